The fourth-order valence-corrected chi connectivity index (χ4v) is 1.29. The van der Waals surface area contributed by atoms with E-state index in [0.717, 1.165) is 7.11 Å². The van der Waals surface area contributed by atoms with Crippen molar-refractivity contribution >= 4 is 5.97 Å². The monoisotopic (exact) mass is 158 g/mol. The zero-order valence-corrected chi connectivity index (χ0v) is 6.10. The van der Waals surface area contributed by atoms with Crippen molar-refractivity contribution < 1.29 is 17.8 Å². The van der Waals surface area contributed by atoms with E-state index in [2.05, 4.69) is 4.74 Å². The highest BCUT2D eigenvalue weighted by Gasteiger charge is 2.40. The fraction of sp³-hybridized carbons (Fsp3) is 0.667. The molecule has 2 bridgehead atoms. The number of allylic oxidation sites excluding steroid dienone is 2. The average molecular weight is 158 g/mol. The van der Waals surface area contributed by atoms with E-state index in [9.17, 15) is 4.79 Å². The van der Waals surface area contributed by atoms with Gasteiger partial charge >= 0.3 is 5.97 Å². The summed E-state index contributed by atoms with van der Waals surface area (Å²) in [6.45, 7) is 0. The van der Waals surface area contributed by atoms with E-state index in [0.29, 0.717) is 0 Å². The lowest BCUT2D eigenvalue weighted by atomic mass is 9.94. The minimum absolute atomic E-state index is 0.280. The molecule has 0 amide bonds. The van der Waals surface area contributed by atoms with Crippen molar-refractivity contribution in [2.75, 3.05) is 7.11 Å². The molecule has 3 atom stereocenters. The van der Waals surface area contributed by atoms with E-state index in [-0.39, 0.29) is 6.42 Å². The van der Waals surface area contributed by atoms with Gasteiger partial charge in [-0.2, -0.15) is 0 Å². The molecule has 2 nitrogen and oxygen atoms in total. The lowest BCUT2D eigenvalue weighted by Crippen LogP contribution is -2.19. The number of fused-ring (bicyclic) bond motifs is 2. The van der Waals surface area contributed by atoms with Crippen LogP contribution in [-0.4, -0.2) is 13.1 Å². The standard InChI is InChI=1S/C9H12O2/c1-11-9(10)8-5-6-2-3-7(8)4-6/h2-3,6-8H,4-5H2,1H3/t6-,7+,8+/m0/s1/i2D,3D,4D2,6D,7D. The van der Waals surface area contributed by atoms with Crippen LogP contribution in [0.1, 0.15) is 21.0 Å². The molecule has 0 N–H and O–H groups in total. The highest BCUT2D eigenvalue weighted by molar-refractivity contribution is 5.73. The van der Waals surface area contributed by atoms with E-state index in [4.69, 9.17) is 8.22 Å². The molecule has 2 aliphatic rings. The predicted molar refractivity (Wildman–Crippen MR) is 40.9 cm³/mol. The molecule has 0 saturated heterocycles. The maximum Gasteiger partial charge on any atom is 0.309 e. The van der Waals surface area contributed by atoms with E-state index < -0.39 is 42.2 Å². The lowest BCUT2D eigenvalue weighted by Gasteiger charge is -2.14. The van der Waals surface area contributed by atoms with Crippen LogP contribution < -0.4 is 0 Å². The Morgan fingerprint density at radius 3 is 3.27 bits per heavy atom. The molecular formula is C9H12O2. The Hall–Kier alpha value is -0.790. The van der Waals surface area contributed by atoms with E-state index in [1.807, 2.05) is 0 Å². The summed E-state index contributed by atoms with van der Waals surface area (Å²) in [7, 11) is 1.12. The number of hydrogen-bond donors (Lipinski definition) is 0. The molecule has 1 saturated carbocycles. The molecule has 0 spiro atoms. The van der Waals surface area contributed by atoms with Crippen LogP contribution in [0, 0.1) is 17.7 Å². The van der Waals surface area contributed by atoms with Gasteiger partial charge < -0.3 is 4.74 Å². The molecule has 0 aromatic heterocycles. The summed E-state index contributed by atoms with van der Waals surface area (Å²) in [6, 6.07) is -1.09. The zero-order chi connectivity index (χ0) is 13.2. The van der Waals surface area contributed by atoms with Crippen molar-refractivity contribution in [3.8, 4) is 0 Å². The van der Waals surface area contributed by atoms with Crippen LogP contribution in [0.2, 0.25) is 0 Å². The van der Waals surface area contributed by atoms with Crippen LogP contribution in [0.15, 0.2) is 12.1 Å². The molecule has 60 valence electrons. The Labute approximate surface area is 74.7 Å². The van der Waals surface area contributed by atoms with Crippen LogP contribution in [0.4, 0.5) is 0 Å². The van der Waals surface area contributed by atoms with Crippen molar-refractivity contribution in [1.82, 2.24) is 0 Å². The first-order chi connectivity index (χ1) is 7.64. The third kappa shape index (κ3) is 0.971. The molecular weight excluding hydrogens is 140 g/mol. The normalized spacial score (nSPS) is 67.2. The molecule has 0 aromatic rings. The van der Waals surface area contributed by atoms with Crippen LogP contribution in [0.5, 0.6) is 0 Å². The Morgan fingerprint density at radius 1 is 1.91 bits per heavy atom. The minimum Gasteiger partial charge on any atom is -0.469 e. The number of methoxy groups -OCH3 is 1. The van der Waals surface area contributed by atoms with Gasteiger partial charge in [-0.25, -0.2) is 0 Å². The smallest absolute Gasteiger partial charge is 0.309 e. The van der Waals surface area contributed by atoms with Crippen LogP contribution in [-0.2, 0) is 9.53 Å². The molecule has 0 heterocycles. The van der Waals surface area contributed by atoms with Gasteiger partial charge in [0, 0.05) is 5.48 Å². The molecule has 0 radical (unpaired) electrons. The summed E-state index contributed by atoms with van der Waals surface area (Å²) >= 11 is 0. The van der Waals surface area contributed by atoms with Gasteiger partial charge in [-0.3, -0.25) is 4.79 Å². The second-order valence-corrected chi connectivity index (χ2v) is 2.55. The van der Waals surface area contributed by atoms with Gasteiger partial charge in [0.05, 0.1) is 15.8 Å². The van der Waals surface area contributed by atoms with Crippen molar-refractivity contribution in [3.63, 3.8) is 0 Å². The minimum atomic E-state index is -2.42. The van der Waals surface area contributed by atoms with Gasteiger partial charge in [-0.1, -0.05) is 12.1 Å². The molecule has 11 heavy (non-hydrogen) atoms. The number of carbonyl (C=O) groups excluding carboxylic acids is 1. The molecule has 2 rings (SSSR count). The first-order valence-electron chi connectivity index (χ1n) is 6.41. The van der Waals surface area contributed by atoms with Crippen LogP contribution in [0.3, 0.4) is 0 Å². The van der Waals surface area contributed by atoms with Gasteiger partial charge in [-0.15, -0.1) is 0 Å². The summed E-state index contributed by atoms with van der Waals surface area (Å²) in [4.78, 5) is 11.5. The Balaban J connectivity index is 2.62. The zero-order valence-electron chi connectivity index (χ0n) is 12.1. The average Bonchev–Trinajstić information content (AvgIpc) is 2.49. The van der Waals surface area contributed by atoms with Gasteiger partial charge in [-0.05, 0) is 24.6 Å². The Bertz CT molecular complexity index is 433. The predicted octanol–water partition coefficient (Wildman–Crippen LogP) is 1.37. The fourth-order valence-electron chi connectivity index (χ4n) is 1.29. The van der Waals surface area contributed by atoms with E-state index in [1.54, 1.807) is 0 Å². The maximum atomic E-state index is 11.5. The summed E-state index contributed by atoms with van der Waals surface area (Å²) in [6.07, 6.45) is -2.70. The first kappa shape index (κ1) is 2.92. The van der Waals surface area contributed by atoms with Crippen molar-refractivity contribution in [1.29, 1.82) is 0 Å². The van der Waals surface area contributed by atoms with Gasteiger partial charge in [0.2, 0.25) is 0 Å². The summed E-state index contributed by atoms with van der Waals surface area (Å²) < 4.78 is 51.4. The largest absolute Gasteiger partial charge is 0.469 e. The molecule has 2 heteroatoms. The van der Waals surface area contributed by atoms with Gasteiger partial charge in [0.1, 0.15) is 0 Å². The third-order valence-electron chi connectivity index (χ3n) is 1.88. The SMILES string of the molecule is [2H]C1=C([2H])[C@@]2([2H])[C@H](C(=O)OC)C[C@]1([2H])C2([2H])[2H]. The topological polar surface area (TPSA) is 26.3 Å². The molecule has 0 unspecified atom stereocenters. The van der Waals surface area contributed by atoms with Crippen molar-refractivity contribution in [2.24, 2.45) is 17.7 Å². The number of carbonyl (C=O) groups is 1. The third-order valence-corrected chi connectivity index (χ3v) is 1.88. The first-order valence-corrected chi connectivity index (χ1v) is 3.41. The maximum absolute atomic E-state index is 11.5. The Kier molecular flexibility index (Phi) is 0.628. The van der Waals surface area contributed by atoms with E-state index >= 15 is 0 Å². The molecule has 0 aromatic carbocycles. The number of hydrogen-bond acceptors (Lipinski definition) is 2. The second kappa shape index (κ2) is 2.36. The second-order valence-electron chi connectivity index (χ2n) is 2.55. The van der Waals surface area contributed by atoms with Gasteiger partial charge in [0.15, 0.2) is 0 Å². The van der Waals surface area contributed by atoms with Crippen molar-refractivity contribution in [2.45, 2.75) is 12.8 Å². The summed E-state index contributed by atoms with van der Waals surface area (Å²) in [5.41, 5.74) is 0. The highest BCUT2D eigenvalue weighted by atomic mass is 16.5. The molecule has 0 aliphatic heterocycles. The molecule has 2 aliphatic carbocycles. The highest BCUT2D eigenvalue weighted by Crippen LogP contribution is 2.43. The van der Waals surface area contributed by atoms with Crippen LogP contribution in [0.25, 0.3) is 0 Å². The van der Waals surface area contributed by atoms with Crippen LogP contribution >= 0.6 is 0 Å². The Morgan fingerprint density at radius 2 is 2.73 bits per heavy atom. The number of esters is 1. The van der Waals surface area contributed by atoms with E-state index in [1.165, 1.54) is 0 Å². The number of ether oxygens (including phenoxy) is 1. The summed E-state index contributed by atoms with van der Waals surface area (Å²) in [5, 5.41) is 0. The van der Waals surface area contributed by atoms with Crippen molar-refractivity contribution in [3.05, 3.63) is 12.1 Å². The van der Waals surface area contributed by atoms with Gasteiger partial charge in [0.25, 0.3) is 0 Å². The molecule has 1 fully saturated rings. The number of rotatable bonds is 1. The quantitative estimate of drug-likeness (QED) is 0.425. The summed E-state index contributed by atoms with van der Waals surface area (Å²) in [5.74, 6) is -6.17. The lowest BCUT2D eigenvalue weighted by molar-refractivity contribution is -0.146.